The Kier molecular flexibility index (Phi) is 7.84. The zero-order valence-corrected chi connectivity index (χ0v) is 9.00. The van der Waals surface area contributed by atoms with Crippen LogP contribution in [-0.2, 0) is 4.74 Å². The molecule has 0 spiro atoms. The van der Waals surface area contributed by atoms with Gasteiger partial charge in [-0.05, 0) is 13.8 Å². The first-order valence-electron chi connectivity index (χ1n) is 4.76. The molecule has 0 saturated heterocycles. The Hall–Kier alpha value is -1.72. The smallest absolute Gasteiger partial charge is 0.407 e. The number of carbonyl (C=O) groups excluding carboxylic acids is 2. The second-order valence-electron chi connectivity index (χ2n) is 2.55. The molecule has 3 amide bonds. The van der Waals surface area contributed by atoms with Crippen LogP contribution in [0.25, 0.3) is 0 Å². The molecule has 0 heterocycles. The molecule has 0 bridgehead atoms. The van der Waals surface area contributed by atoms with Crippen molar-refractivity contribution in [2.75, 3.05) is 19.7 Å². The summed E-state index contributed by atoms with van der Waals surface area (Å²) in [7, 11) is 0. The standard InChI is InChI=1S/C9H17N3O3/c1-3-5-10-8(13)11-6-7-12-9(14)15-4-2/h3,5H,4,6-7H2,1-2H3,(H,12,14)(H2,10,11,13)/b5-3+. The van der Waals surface area contributed by atoms with Crippen LogP contribution in [0, 0.1) is 0 Å². The predicted octanol–water partition coefficient (Wildman–Crippen LogP) is 0.565. The van der Waals surface area contributed by atoms with Gasteiger partial charge in [0.15, 0.2) is 0 Å². The van der Waals surface area contributed by atoms with Crippen LogP contribution >= 0.6 is 0 Å². The highest BCUT2D eigenvalue weighted by Gasteiger charge is 1.99. The zero-order chi connectivity index (χ0) is 11.5. The number of carbonyl (C=O) groups is 2. The van der Waals surface area contributed by atoms with Gasteiger partial charge in [-0.3, -0.25) is 0 Å². The second kappa shape index (κ2) is 8.86. The molecule has 0 aromatic heterocycles. The van der Waals surface area contributed by atoms with E-state index in [2.05, 4.69) is 20.7 Å². The molecule has 0 radical (unpaired) electrons. The first-order valence-corrected chi connectivity index (χ1v) is 4.76. The lowest BCUT2D eigenvalue weighted by Gasteiger charge is -2.06. The lowest BCUT2D eigenvalue weighted by molar-refractivity contribution is 0.152. The summed E-state index contributed by atoms with van der Waals surface area (Å²) < 4.78 is 4.62. The van der Waals surface area contributed by atoms with Gasteiger partial charge in [-0.2, -0.15) is 0 Å². The van der Waals surface area contributed by atoms with Gasteiger partial charge >= 0.3 is 12.1 Å². The van der Waals surface area contributed by atoms with Crippen LogP contribution in [0.4, 0.5) is 9.59 Å². The quantitative estimate of drug-likeness (QED) is 0.586. The van der Waals surface area contributed by atoms with E-state index in [1.165, 1.54) is 6.20 Å². The minimum absolute atomic E-state index is 0.307. The summed E-state index contributed by atoms with van der Waals surface area (Å²) in [6.07, 6.45) is 2.75. The van der Waals surface area contributed by atoms with E-state index in [1.807, 2.05) is 0 Å². The number of nitrogens with one attached hydrogen (secondary N) is 3. The van der Waals surface area contributed by atoms with Crippen LogP contribution < -0.4 is 16.0 Å². The second-order valence-corrected chi connectivity index (χ2v) is 2.55. The zero-order valence-electron chi connectivity index (χ0n) is 9.00. The van der Waals surface area contributed by atoms with E-state index in [0.29, 0.717) is 19.7 Å². The normalized spacial score (nSPS) is 9.73. The Bertz CT molecular complexity index is 229. The number of hydrogen-bond donors (Lipinski definition) is 3. The number of hydrogen-bond acceptors (Lipinski definition) is 3. The fraction of sp³-hybridized carbons (Fsp3) is 0.556. The topological polar surface area (TPSA) is 79.5 Å². The van der Waals surface area contributed by atoms with Crippen molar-refractivity contribution >= 4 is 12.1 Å². The third kappa shape index (κ3) is 8.61. The summed E-state index contributed by atoms with van der Waals surface area (Å²) in [5, 5.41) is 7.49. The van der Waals surface area contributed by atoms with Gasteiger partial charge in [0.05, 0.1) is 6.61 Å². The van der Waals surface area contributed by atoms with Crippen molar-refractivity contribution in [3.8, 4) is 0 Å². The van der Waals surface area contributed by atoms with Gasteiger partial charge in [0.25, 0.3) is 0 Å². The Morgan fingerprint density at radius 2 is 1.93 bits per heavy atom. The SMILES string of the molecule is C/C=C/NC(=O)NCCNC(=O)OCC. The predicted molar refractivity (Wildman–Crippen MR) is 56.4 cm³/mol. The van der Waals surface area contributed by atoms with Crippen molar-refractivity contribution in [3.63, 3.8) is 0 Å². The van der Waals surface area contributed by atoms with Gasteiger partial charge in [-0.15, -0.1) is 0 Å². The van der Waals surface area contributed by atoms with Crippen LogP contribution in [-0.4, -0.2) is 31.8 Å². The van der Waals surface area contributed by atoms with E-state index in [4.69, 9.17) is 0 Å². The van der Waals surface area contributed by atoms with E-state index in [1.54, 1.807) is 19.9 Å². The highest BCUT2D eigenvalue weighted by molar-refractivity contribution is 5.74. The third-order valence-corrected chi connectivity index (χ3v) is 1.34. The number of ether oxygens (including phenoxy) is 1. The van der Waals surface area contributed by atoms with Crippen molar-refractivity contribution < 1.29 is 14.3 Å². The van der Waals surface area contributed by atoms with Crippen molar-refractivity contribution in [1.29, 1.82) is 0 Å². The Morgan fingerprint density at radius 3 is 2.53 bits per heavy atom. The van der Waals surface area contributed by atoms with Gasteiger partial charge in [-0.25, -0.2) is 9.59 Å². The molecular formula is C9H17N3O3. The molecule has 0 rings (SSSR count). The van der Waals surface area contributed by atoms with E-state index < -0.39 is 6.09 Å². The van der Waals surface area contributed by atoms with Gasteiger partial charge in [-0.1, -0.05) is 6.08 Å². The first-order chi connectivity index (χ1) is 7.20. The van der Waals surface area contributed by atoms with E-state index >= 15 is 0 Å². The molecule has 15 heavy (non-hydrogen) atoms. The van der Waals surface area contributed by atoms with Crippen molar-refractivity contribution in [2.45, 2.75) is 13.8 Å². The summed E-state index contributed by atoms with van der Waals surface area (Å²) in [4.78, 5) is 21.7. The maximum atomic E-state index is 11.0. The number of urea groups is 1. The van der Waals surface area contributed by atoms with E-state index in [-0.39, 0.29) is 6.03 Å². The summed E-state index contributed by atoms with van der Waals surface area (Å²) >= 11 is 0. The van der Waals surface area contributed by atoms with Gasteiger partial charge in [0, 0.05) is 19.3 Å². The largest absolute Gasteiger partial charge is 0.450 e. The average Bonchev–Trinajstić information content (AvgIpc) is 2.22. The van der Waals surface area contributed by atoms with Crippen LogP contribution in [0.15, 0.2) is 12.3 Å². The molecule has 0 aromatic rings. The molecule has 6 nitrogen and oxygen atoms in total. The molecule has 6 heteroatoms. The van der Waals surface area contributed by atoms with Crippen LogP contribution in [0.2, 0.25) is 0 Å². The Morgan fingerprint density at radius 1 is 1.27 bits per heavy atom. The number of rotatable bonds is 5. The molecule has 0 unspecified atom stereocenters. The molecular weight excluding hydrogens is 198 g/mol. The van der Waals surface area contributed by atoms with E-state index in [0.717, 1.165) is 0 Å². The molecule has 0 atom stereocenters. The number of alkyl carbamates (subject to hydrolysis) is 1. The minimum atomic E-state index is -0.479. The molecule has 0 aromatic carbocycles. The monoisotopic (exact) mass is 215 g/mol. The van der Waals surface area contributed by atoms with Gasteiger partial charge in [0.1, 0.15) is 0 Å². The van der Waals surface area contributed by atoms with Gasteiger partial charge in [0.2, 0.25) is 0 Å². The number of amides is 3. The molecule has 0 aliphatic carbocycles. The lowest BCUT2D eigenvalue weighted by atomic mass is 10.6. The highest BCUT2D eigenvalue weighted by atomic mass is 16.5. The van der Waals surface area contributed by atoms with Crippen LogP contribution in [0.5, 0.6) is 0 Å². The molecule has 0 aliphatic rings. The Balaban J connectivity index is 3.37. The van der Waals surface area contributed by atoms with Crippen LogP contribution in [0.1, 0.15) is 13.8 Å². The average molecular weight is 215 g/mol. The molecule has 0 saturated carbocycles. The van der Waals surface area contributed by atoms with Crippen molar-refractivity contribution in [3.05, 3.63) is 12.3 Å². The van der Waals surface area contributed by atoms with Gasteiger partial charge < -0.3 is 20.7 Å². The first kappa shape index (κ1) is 13.3. The third-order valence-electron chi connectivity index (χ3n) is 1.34. The van der Waals surface area contributed by atoms with Crippen molar-refractivity contribution in [2.24, 2.45) is 0 Å². The summed E-state index contributed by atoms with van der Waals surface area (Å²) in [6.45, 7) is 4.54. The minimum Gasteiger partial charge on any atom is -0.450 e. The number of allylic oxidation sites excluding steroid dienone is 1. The highest BCUT2D eigenvalue weighted by Crippen LogP contribution is 1.74. The Labute approximate surface area is 89.1 Å². The fourth-order valence-corrected chi connectivity index (χ4v) is 0.733. The summed E-state index contributed by atoms with van der Waals surface area (Å²) in [5.41, 5.74) is 0. The van der Waals surface area contributed by atoms with Crippen molar-refractivity contribution in [1.82, 2.24) is 16.0 Å². The summed E-state index contributed by atoms with van der Waals surface area (Å²) in [5.74, 6) is 0. The molecule has 0 aliphatic heterocycles. The maximum absolute atomic E-state index is 11.0. The lowest BCUT2D eigenvalue weighted by Crippen LogP contribution is -2.38. The molecule has 86 valence electrons. The summed E-state index contributed by atoms with van der Waals surface area (Å²) in [6, 6.07) is -0.307. The maximum Gasteiger partial charge on any atom is 0.407 e. The van der Waals surface area contributed by atoms with E-state index in [9.17, 15) is 9.59 Å². The molecule has 3 N–H and O–H groups in total. The molecule has 0 fully saturated rings. The van der Waals surface area contributed by atoms with Crippen LogP contribution in [0.3, 0.4) is 0 Å². The fourth-order valence-electron chi connectivity index (χ4n) is 0.733.